The van der Waals surface area contributed by atoms with Gasteiger partial charge in [-0.15, -0.1) is 0 Å². The van der Waals surface area contributed by atoms with Crippen molar-refractivity contribution in [2.45, 2.75) is 26.4 Å². The van der Waals surface area contributed by atoms with Crippen LogP contribution in [0.25, 0.3) is 0 Å². The van der Waals surface area contributed by atoms with Crippen LogP contribution < -0.4 is 0 Å². The summed E-state index contributed by atoms with van der Waals surface area (Å²) >= 11 is 0. The Labute approximate surface area is 102 Å². The fourth-order valence-electron chi connectivity index (χ4n) is 2.02. The highest BCUT2D eigenvalue weighted by Crippen LogP contribution is 2.10. The zero-order chi connectivity index (χ0) is 12.3. The molecule has 0 aliphatic carbocycles. The second-order valence-electron chi connectivity index (χ2n) is 4.70. The van der Waals surface area contributed by atoms with Crippen LogP contribution in [0.3, 0.4) is 0 Å². The standard InChI is InChI=1S/C13H19N3O/c1-11(2)15-7-8-16(13(17)10-15)9-12-5-3-4-6-14-12/h3-6,11H,7-10H2,1-2H3. The number of nitrogens with zero attached hydrogens (tertiary/aromatic N) is 3. The van der Waals surface area contributed by atoms with Crippen LogP contribution in [-0.2, 0) is 11.3 Å². The van der Waals surface area contributed by atoms with Gasteiger partial charge in [0.25, 0.3) is 0 Å². The molecule has 0 bridgehead atoms. The van der Waals surface area contributed by atoms with E-state index in [-0.39, 0.29) is 5.91 Å². The van der Waals surface area contributed by atoms with Crippen molar-refractivity contribution in [3.05, 3.63) is 30.1 Å². The molecule has 0 aromatic carbocycles. The Morgan fingerprint density at radius 2 is 2.18 bits per heavy atom. The lowest BCUT2D eigenvalue weighted by Crippen LogP contribution is -2.51. The van der Waals surface area contributed by atoms with Crippen LogP contribution in [0.4, 0.5) is 0 Å². The van der Waals surface area contributed by atoms with Crippen molar-refractivity contribution in [2.75, 3.05) is 19.6 Å². The van der Waals surface area contributed by atoms with Crippen LogP contribution in [0, 0.1) is 0 Å². The van der Waals surface area contributed by atoms with E-state index in [0.29, 0.717) is 19.1 Å². The maximum Gasteiger partial charge on any atom is 0.237 e. The zero-order valence-electron chi connectivity index (χ0n) is 10.5. The first-order valence-corrected chi connectivity index (χ1v) is 6.08. The molecule has 0 spiro atoms. The number of pyridine rings is 1. The lowest BCUT2D eigenvalue weighted by molar-refractivity contribution is -0.137. The number of carbonyl (C=O) groups is 1. The van der Waals surface area contributed by atoms with Crippen molar-refractivity contribution in [2.24, 2.45) is 0 Å². The molecule has 0 unspecified atom stereocenters. The van der Waals surface area contributed by atoms with Gasteiger partial charge in [0.05, 0.1) is 18.8 Å². The second-order valence-corrected chi connectivity index (χ2v) is 4.70. The molecule has 2 rings (SSSR count). The topological polar surface area (TPSA) is 36.4 Å². The first-order chi connectivity index (χ1) is 8.16. The van der Waals surface area contributed by atoms with Crippen molar-refractivity contribution in [3.8, 4) is 0 Å². The molecule has 4 heteroatoms. The van der Waals surface area contributed by atoms with E-state index in [1.54, 1.807) is 6.20 Å². The van der Waals surface area contributed by atoms with Gasteiger partial charge in [-0.1, -0.05) is 6.07 Å². The number of hydrogen-bond donors (Lipinski definition) is 0. The monoisotopic (exact) mass is 233 g/mol. The van der Waals surface area contributed by atoms with Crippen LogP contribution in [0.1, 0.15) is 19.5 Å². The summed E-state index contributed by atoms with van der Waals surface area (Å²) in [4.78, 5) is 20.3. The smallest absolute Gasteiger partial charge is 0.237 e. The highest BCUT2D eigenvalue weighted by Gasteiger charge is 2.25. The summed E-state index contributed by atoms with van der Waals surface area (Å²) in [5.74, 6) is 0.204. The van der Waals surface area contributed by atoms with Crippen molar-refractivity contribution >= 4 is 5.91 Å². The molecule has 1 amide bonds. The van der Waals surface area contributed by atoms with Gasteiger partial charge in [0, 0.05) is 25.3 Å². The van der Waals surface area contributed by atoms with E-state index < -0.39 is 0 Å². The van der Waals surface area contributed by atoms with E-state index in [2.05, 4.69) is 23.7 Å². The third-order valence-corrected chi connectivity index (χ3v) is 3.16. The van der Waals surface area contributed by atoms with E-state index >= 15 is 0 Å². The third kappa shape index (κ3) is 3.03. The molecule has 1 fully saturated rings. The Balaban J connectivity index is 1.94. The Bertz CT molecular complexity index is 378. The van der Waals surface area contributed by atoms with Crippen LogP contribution >= 0.6 is 0 Å². The molecule has 17 heavy (non-hydrogen) atoms. The first kappa shape index (κ1) is 12.0. The normalized spacial score (nSPS) is 17.8. The molecule has 0 saturated carbocycles. The van der Waals surface area contributed by atoms with Gasteiger partial charge < -0.3 is 4.90 Å². The van der Waals surface area contributed by atoms with Crippen LogP contribution in [-0.4, -0.2) is 46.4 Å². The van der Waals surface area contributed by atoms with Crippen molar-refractivity contribution < 1.29 is 4.79 Å². The first-order valence-electron chi connectivity index (χ1n) is 6.08. The zero-order valence-corrected chi connectivity index (χ0v) is 10.5. The molecule has 2 heterocycles. The highest BCUT2D eigenvalue weighted by molar-refractivity contribution is 5.79. The minimum absolute atomic E-state index is 0.204. The third-order valence-electron chi connectivity index (χ3n) is 3.16. The molecule has 1 saturated heterocycles. The van der Waals surface area contributed by atoms with Crippen LogP contribution in [0.5, 0.6) is 0 Å². The van der Waals surface area contributed by atoms with Gasteiger partial charge in [-0.3, -0.25) is 14.7 Å². The highest BCUT2D eigenvalue weighted by atomic mass is 16.2. The van der Waals surface area contributed by atoms with Gasteiger partial charge in [0.2, 0.25) is 5.91 Å². The molecule has 0 atom stereocenters. The molecule has 1 aromatic rings. The Kier molecular flexibility index (Phi) is 3.74. The fourth-order valence-corrected chi connectivity index (χ4v) is 2.02. The number of hydrogen-bond acceptors (Lipinski definition) is 3. The summed E-state index contributed by atoms with van der Waals surface area (Å²) in [6.45, 7) is 7.17. The minimum atomic E-state index is 0.204. The quantitative estimate of drug-likeness (QED) is 0.785. The average Bonchev–Trinajstić information content (AvgIpc) is 2.33. The predicted octanol–water partition coefficient (Wildman–Crippen LogP) is 1.13. The molecule has 4 nitrogen and oxygen atoms in total. The van der Waals surface area contributed by atoms with Crippen molar-refractivity contribution in [1.29, 1.82) is 0 Å². The second kappa shape index (κ2) is 5.27. The van der Waals surface area contributed by atoms with Gasteiger partial charge in [-0.05, 0) is 26.0 Å². The summed E-state index contributed by atoms with van der Waals surface area (Å²) in [6, 6.07) is 6.25. The Hall–Kier alpha value is -1.42. The molecular weight excluding hydrogens is 214 g/mol. The van der Waals surface area contributed by atoms with Gasteiger partial charge in [-0.25, -0.2) is 0 Å². The molecule has 0 N–H and O–H groups in total. The molecule has 1 aliphatic heterocycles. The molecular formula is C13H19N3O. The molecule has 1 aromatic heterocycles. The van der Waals surface area contributed by atoms with Crippen molar-refractivity contribution in [3.63, 3.8) is 0 Å². The molecule has 0 radical (unpaired) electrons. The largest absolute Gasteiger partial charge is 0.334 e. The van der Waals surface area contributed by atoms with E-state index in [9.17, 15) is 4.79 Å². The lowest BCUT2D eigenvalue weighted by Gasteiger charge is -2.36. The maximum atomic E-state index is 12.0. The van der Waals surface area contributed by atoms with E-state index in [0.717, 1.165) is 18.8 Å². The van der Waals surface area contributed by atoms with E-state index in [1.165, 1.54) is 0 Å². The van der Waals surface area contributed by atoms with Gasteiger partial charge in [-0.2, -0.15) is 0 Å². The fraction of sp³-hybridized carbons (Fsp3) is 0.538. The maximum absolute atomic E-state index is 12.0. The number of aromatic nitrogens is 1. The Morgan fingerprint density at radius 1 is 1.35 bits per heavy atom. The number of rotatable bonds is 3. The summed E-state index contributed by atoms with van der Waals surface area (Å²) in [5.41, 5.74) is 0.957. The predicted molar refractivity (Wildman–Crippen MR) is 66.4 cm³/mol. The van der Waals surface area contributed by atoms with E-state index in [4.69, 9.17) is 0 Å². The summed E-state index contributed by atoms with van der Waals surface area (Å²) in [6.07, 6.45) is 1.77. The van der Waals surface area contributed by atoms with Crippen molar-refractivity contribution in [1.82, 2.24) is 14.8 Å². The Morgan fingerprint density at radius 3 is 2.76 bits per heavy atom. The lowest BCUT2D eigenvalue weighted by atomic mass is 10.2. The summed E-state index contributed by atoms with van der Waals surface area (Å²) in [5, 5.41) is 0. The number of piperazine rings is 1. The molecule has 1 aliphatic rings. The van der Waals surface area contributed by atoms with Gasteiger partial charge in [0.15, 0.2) is 0 Å². The van der Waals surface area contributed by atoms with E-state index in [1.807, 2.05) is 23.1 Å². The average molecular weight is 233 g/mol. The summed E-state index contributed by atoms with van der Waals surface area (Å²) in [7, 11) is 0. The van der Waals surface area contributed by atoms with Crippen LogP contribution in [0.15, 0.2) is 24.4 Å². The number of carbonyl (C=O) groups excluding carboxylic acids is 1. The van der Waals surface area contributed by atoms with Crippen LogP contribution in [0.2, 0.25) is 0 Å². The minimum Gasteiger partial charge on any atom is -0.334 e. The SMILES string of the molecule is CC(C)N1CCN(Cc2ccccn2)C(=O)C1. The summed E-state index contributed by atoms with van der Waals surface area (Å²) < 4.78 is 0. The number of amides is 1. The van der Waals surface area contributed by atoms with Gasteiger partial charge >= 0.3 is 0 Å². The van der Waals surface area contributed by atoms with Gasteiger partial charge in [0.1, 0.15) is 0 Å². The molecule has 92 valence electrons.